The van der Waals surface area contributed by atoms with Gasteiger partial charge in [-0.2, -0.15) is 10.2 Å². The summed E-state index contributed by atoms with van der Waals surface area (Å²) in [4.78, 5) is 50.2. The summed E-state index contributed by atoms with van der Waals surface area (Å²) in [6.45, 7) is 11.1. The lowest BCUT2D eigenvalue weighted by molar-refractivity contribution is -0.144. The number of thiazole rings is 1. The minimum atomic E-state index is -0.899. The zero-order valence-corrected chi connectivity index (χ0v) is 33.7. The third-order valence-corrected chi connectivity index (χ3v) is 11.9. The van der Waals surface area contributed by atoms with Gasteiger partial charge in [-0.3, -0.25) is 19.3 Å². The number of rotatable bonds is 11. The van der Waals surface area contributed by atoms with Gasteiger partial charge in [0.2, 0.25) is 17.7 Å². The fourth-order valence-electron chi connectivity index (χ4n) is 7.63. The summed E-state index contributed by atoms with van der Waals surface area (Å²) in [5, 5.41) is 35.3. The topological polar surface area (TPSA) is 161 Å². The van der Waals surface area contributed by atoms with E-state index in [1.54, 1.807) is 35.7 Å². The van der Waals surface area contributed by atoms with E-state index in [-0.39, 0.29) is 54.9 Å². The standard InChI is InChI=1S/C44H49N7O5S/c1-26(28-10-16-31(17-11-28)40-27(2)45-25-57-40)47-42(55)37-19-34(52)23-51(37)43(56)41(44(3,4)5)48-39(54)24-50-21-33(22-50)30-14-12-29(13-15-30)32-18-36(49-46-20-32)35-8-6-7-9-38(35)53/h6-18,20,25-26,33-34,37,41,52-53H,19,21-24H2,1-5H3,(H,47,55)(H,48,54)/t26-,34+,37-,41?/m0/s1. The maximum atomic E-state index is 14.1. The summed E-state index contributed by atoms with van der Waals surface area (Å²) in [5.41, 5.74) is 8.35. The smallest absolute Gasteiger partial charge is 0.246 e. The number of aromatic hydroxyl groups is 1. The second kappa shape index (κ2) is 16.5. The first-order chi connectivity index (χ1) is 27.2. The van der Waals surface area contributed by atoms with Crippen LogP contribution in [0.2, 0.25) is 0 Å². The number of aromatic nitrogens is 3. The number of nitrogens with one attached hydrogen (secondary N) is 2. The van der Waals surface area contributed by atoms with Crippen LogP contribution < -0.4 is 10.6 Å². The van der Waals surface area contributed by atoms with Crippen molar-refractivity contribution in [3.8, 4) is 38.6 Å². The molecule has 1 unspecified atom stereocenters. The van der Waals surface area contributed by atoms with Crippen LogP contribution in [0.4, 0.5) is 0 Å². The van der Waals surface area contributed by atoms with Crippen molar-refractivity contribution in [3.05, 3.63) is 107 Å². The van der Waals surface area contributed by atoms with Crippen LogP contribution in [0.15, 0.2) is 90.6 Å². The zero-order valence-electron chi connectivity index (χ0n) is 32.8. The van der Waals surface area contributed by atoms with Crippen molar-refractivity contribution in [2.24, 2.45) is 5.41 Å². The highest BCUT2D eigenvalue weighted by atomic mass is 32.1. The van der Waals surface area contributed by atoms with E-state index >= 15 is 0 Å². The second-order valence-corrected chi connectivity index (χ2v) is 17.1. The molecule has 13 heteroatoms. The first-order valence-corrected chi connectivity index (χ1v) is 20.2. The Morgan fingerprint density at radius 3 is 2.30 bits per heavy atom. The number of aliphatic hydroxyl groups is 1. The van der Waals surface area contributed by atoms with Crippen molar-refractivity contribution in [1.29, 1.82) is 0 Å². The number of aliphatic hydroxyl groups excluding tert-OH is 1. The Kier molecular flexibility index (Phi) is 11.5. The van der Waals surface area contributed by atoms with Crippen molar-refractivity contribution < 1.29 is 24.6 Å². The van der Waals surface area contributed by atoms with E-state index in [2.05, 4.69) is 37.9 Å². The van der Waals surface area contributed by atoms with E-state index in [0.717, 1.165) is 38.4 Å². The van der Waals surface area contributed by atoms with Crippen LogP contribution in [-0.2, 0) is 14.4 Å². The SMILES string of the molecule is Cc1ncsc1-c1ccc([C@H](C)NC(=O)[C@@H]2C[C@@H](O)CN2C(=O)C(NC(=O)CN2CC(c3ccc(-c4cnnc(-c5ccccc5O)c4)cc3)C2)C(C)(C)C)cc1. The van der Waals surface area contributed by atoms with E-state index in [1.807, 2.05) is 93.6 Å². The summed E-state index contributed by atoms with van der Waals surface area (Å²) >= 11 is 1.58. The number of aryl methyl sites for hydroxylation is 1. The molecule has 4 atom stereocenters. The number of benzene rings is 3. The summed E-state index contributed by atoms with van der Waals surface area (Å²) in [6.07, 6.45) is 0.965. The Morgan fingerprint density at radius 2 is 1.63 bits per heavy atom. The lowest BCUT2D eigenvalue weighted by Crippen LogP contribution is -2.59. The van der Waals surface area contributed by atoms with Gasteiger partial charge in [0.15, 0.2) is 0 Å². The van der Waals surface area contributed by atoms with Crippen LogP contribution in [0, 0.1) is 12.3 Å². The minimum Gasteiger partial charge on any atom is -0.507 e. The van der Waals surface area contributed by atoms with E-state index in [1.165, 1.54) is 4.90 Å². The monoisotopic (exact) mass is 787 g/mol. The molecule has 2 aromatic heterocycles. The minimum absolute atomic E-state index is 0.0126. The van der Waals surface area contributed by atoms with Crippen LogP contribution in [-0.4, -0.2) is 97.3 Å². The molecule has 3 aromatic carbocycles. The number of likely N-dealkylation sites (tertiary alicyclic amines) is 2. The van der Waals surface area contributed by atoms with Crippen LogP contribution in [0.5, 0.6) is 5.75 Å². The molecule has 57 heavy (non-hydrogen) atoms. The predicted octanol–water partition coefficient (Wildman–Crippen LogP) is 5.72. The summed E-state index contributed by atoms with van der Waals surface area (Å²) in [5.74, 6) is -0.595. The van der Waals surface area contributed by atoms with Gasteiger partial charge in [-0.1, -0.05) is 81.4 Å². The highest BCUT2D eigenvalue weighted by Crippen LogP contribution is 2.33. The first-order valence-electron chi connectivity index (χ1n) is 19.3. The van der Waals surface area contributed by atoms with E-state index in [9.17, 15) is 24.6 Å². The third-order valence-electron chi connectivity index (χ3n) is 10.9. The molecule has 2 fully saturated rings. The fraction of sp³-hybridized carbons (Fsp3) is 0.364. The van der Waals surface area contributed by atoms with Crippen molar-refractivity contribution >= 4 is 29.1 Å². The summed E-state index contributed by atoms with van der Waals surface area (Å²) in [7, 11) is 0. The number of amides is 3. The van der Waals surface area contributed by atoms with Gasteiger partial charge < -0.3 is 25.7 Å². The van der Waals surface area contributed by atoms with Gasteiger partial charge in [0.25, 0.3) is 0 Å². The van der Waals surface area contributed by atoms with Gasteiger partial charge in [-0.15, -0.1) is 11.3 Å². The van der Waals surface area contributed by atoms with Crippen LogP contribution in [0.3, 0.4) is 0 Å². The van der Waals surface area contributed by atoms with Crippen LogP contribution in [0.1, 0.15) is 62.9 Å². The number of β-amino-alcohol motifs (C(OH)–C–C–N with tert-alkyl or cyclic N) is 1. The Hall–Kier alpha value is -5.50. The summed E-state index contributed by atoms with van der Waals surface area (Å²) < 4.78 is 0. The van der Waals surface area contributed by atoms with Gasteiger partial charge in [-0.05, 0) is 59.7 Å². The number of nitrogens with zero attached hydrogens (tertiary/aromatic N) is 5. The number of phenols is 1. The maximum absolute atomic E-state index is 14.1. The largest absolute Gasteiger partial charge is 0.507 e. The van der Waals surface area contributed by atoms with Gasteiger partial charge in [0.1, 0.15) is 17.8 Å². The maximum Gasteiger partial charge on any atom is 0.246 e. The highest BCUT2D eigenvalue weighted by molar-refractivity contribution is 7.13. The molecule has 0 saturated carbocycles. The number of para-hydroxylation sites is 1. The lowest BCUT2D eigenvalue weighted by Gasteiger charge is -2.40. The predicted molar refractivity (Wildman–Crippen MR) is 220 cm³/mol. The van der Waals surface area contributed by atoms with E-state index in [4.69, 9.17) is 0 Å². The molecule has 7 rings (SSSR count). The van der Waals surface area contributed by atoms with Crippen molar-refractivity contribution in [2.45, 2.75) is 71.2 Å². The molecule has 3 amide bonds. The van der Waals surface area contributed by atoms with Crippen molar-refractivity contribution in [3.63, 3.8) is 0 Å². The zero-order chi connectivity index (χ0) is 40.4. The third kappa shape index (κ3) is 8.90. The van der Waals surface area contributed by atoms with E-state index < -0.39 is 23.6 Å². The molecular weight excluding hydrogens is 739 g/mol. The lowest BCUT2D eigenvalue weighted by atomic mass is 9.85. The second-order valence-electron chi connectivity index (χ2n) is 16.2. The first kappa shape index (κ1) is 39.7. The molecule has 12 nitrogen and oxygen atoms in total. The average Bonchev–Trinajstić information content (AvgIpc) is 3.80. The molecule has 0 spiro atoms. The highest BCUT2D eigenvalue weighted by Gasteiger charge is 2.45. The molecule has 2 saturated heterocycles. The van der Waals surface area contributed by atoms with Crippen molar-refractivity contribution in [2.75, 3.05) is 26.2 Å². The molecule has 2 aliphatic rings. The van der Waals surface area contributed by atoms with E-state index in [0.29, 0.717) is 24.3 Å². The quantitative estimate of drug-likeness (QED) is 0.131. The number of carbonyl (C=O) groups is 3. The number of phenolic OH excluding ortho intramolecular Hbond substituents is 1. The molecule has 0 aliphatic carbocycles. The van der Waals surface area contributed by atoms with Crippen LogP contribution >= 0.6 is 11.3 Å². The Bertz CT molecular complexity index is 2230. The number of hydrogen-bond donors (Lipinski definition) is 4. The molecular formula is C44H49N7O5S. The number of hydrogen-bond acceptors (Lipinski definition) is 10. The molecule has 296 valence electrons. The molecule has 4 N–H and O–H groups in total. The van der Waals surface area contributed by atoms with Gasteiger partial charge >= 0.3 is 0 Å². The normalized spacial score (nSPS) is 18.5. The average molecular weight is 788 g/mol. The van der Waals surface area contributed by atoms with Gasteiger partial charge in [-0.25, -0.2) is 4.98 Å². The summed E-state index contributed by atoms with van der Waals surface area (Å²) in [6, 6.07) is 23.1. The van der Waals surface area contributed by atoms with Crippen molar-refractivity contribution in [1.82, 2.24) is 35.6 Å². The Balaban J connectivity index is 0.931. The molecule has 0 bridgehead atoms. The van der Waals surface area contributed by atoms with Gasteiger partial charge in [0, 0.05) is 43.1 Å². The molecule has 2 aliphatic heterocycles. The number of carbonyl (C=O) groups excluding carboxylic acids is 3. The molecule has 5 aromatic rings. The van der Waals surface area contributed by atoms with Crippen LogP contribution in [0.25, 0.3) is 32.8 Å². The Labute approximate surface area is 337 Å². The Morgan fingerprint density at radius 1 is 0.930 bits per heavy atom. The molecule has 4 heterocycles. The van der Waals surface area contributed by atoms with Gasteiger partial charge in [0.05, 0.1) is 46.7 Å². The molecule has 0 radical (unpaired) electrons. The fourth-order valence-corrected chi connectivity index (χ4v) is 8.44.